The van der Waals surface area contributed by atoms with E-state index in [1.807, 2.05) is 0 Å². The maximum Gasteiger partial charge on any atom is 0.269 e. The first-order chi connectivity index (χ1) is 9.10. The summed E-state index contributed by atoms with van der Waals surface area (Å²) in [6, 6.07) is 6.47. The Labute approximate surface area is 112 Å². The quantitative estimate of drug-likeness (QED) is 0.876. The van der Waals surface area contributed by atoms with E-state index in [0.717, 1.165) is 30.1 Å². The lowest BCUT2D eigenvalue weighted by atomic mass is 10.1. The molecule has 0 aliphatic carbocycles. The average Bonchev–Trinajstić information content (AvgIpc) is 2.62. The molecule has 0 saturated carbocycles. The van der Waals surface area contributed by atoms with Crippen LogP contribution in [0, 0.1) is 0 Å². The molecule has 1 unspecified atom stereocenters. The zero-order chi connectivity index (χ0) is 13.5. The molecule has 2 aliphatic heterocycles. The van der Waals surface area contributed by atoms with E-state index in [2.05, 4.69) is 5.32 Å². The van der Waals surface area contributed by atoms with Gasteiger partial charge in [-0.25, -0.2) is 12.7 Å². The molecule has 5 nitrogen and oxygen atoms in total. The number of hydrogen-bond acceptors (Lipinski definition) is 4. The van der Waals surface area contributed by atoms with Crippen LogP contribution in [0.4, 0.5) is 0 Å². The van der Waals surface area contributed by atoms with Crippen molar-refractivity contribution in [2.24, 2.45) is 0 Å². The SMILES string of the molecule is O=C1c2ccccc2S(=O)(=O)N1CC1CCCCN1. The maximum atomic E-state index is 12.3. The first kappa shape index (κ1) is 12.6. The van der Waals surface area contributed by atoms with Crippen molar-refractivity contribution in [3.05, 3.63) is 29.8 Å². The molecule has 1 aromatic rings. The van der Waals surface area contributed by atoms with Crippen LogP contribution in [-0.4, -0.2) is 37.8 Å². The predicted octanol–water partition coefficient (Wildman–Crippen LogP) is 0.973. The Morgan fingerprint density at radius 1 is 1.26 bits per heavy atom. The van der Waals surface area contributed by atoms with Gasteiger partial charge in [0.25, 0.3) is 15.9 Å². The van der Waals surface area contributed by atoms with Crippen molar-refractivity contribution in [1.29, 1.82) is 0 Å². The van der Waals surface area contributed by atoms with Crippen LogP contribution in [0.2, 0.25) is 0 Å². The summed E-state index contributed by atoms with van der Waals surface area (Å²) < 4.78 is 25.7. The third-order valence-corrected chi connectivity index (χ3v) is 5.52. The number of fused-ring (bicyclic) bond motifs is 1. The summed E-state index contributed by atoms with van der Waals surface area (Å²) in [6.07, 6.45) is 3.10. The number of nitrogens with one attached hydrogen (secondary N) is 1. The molecule has 6 heteroatoms. The lowest BCUT2D eigenvalue weighted by Crippen LogP contribution is -2.45. The second-order valence-electron chi connectivity index (χ2n) is 4.98. The van der Waals surface area contributed by atoms with Crippen LogP contribution in [-0.2, 0) is 10.0 Å². The second kappa shape index (κ2) is 4.61. The van der Waals surface area contributed by atoms with Crippen molar-refractivity contribution in [3.8, 4) is 0 Å². The Hall–Kier alpha value is -1.40. The Kier molecular flexibility index (Phi) is 3.06. The molecule has 1 N–H and O–H groups in total. The Bertz CT molecular complexity index is 606. The largest absolute Gasteiger partial charge is 0.312 e. The number of nitrogens with zero attached hydrogens (tertiary/aromatic N) is 1. The van der Waals surface area contributed by atoms with E-state index in [9.17, 15) is 13.2 Å². The van der Waals surface area contributed by atoms with Gasteiger partial charge >= 0.3 is 0 Å². The number of piperidine rings is 1. The zero-order valence-corrected chi connectivity index (χ0v) is 11.3. The summed E-state index contributed by atoms with van der Waals surface area (Å²) in [4.78, 5) is 12.3. The number of benzene rings is 1. The van der Waals surface area contributed by atoms with E-state index in [4.69, 9.17) is 0 Å². The fraction of sp³-hybridized carbons (Fsp3) is 0.462. The molecular weight excluding hydrogens is 264 g/mol. The minimum absolute atomic E-state index is 0.0711. The van der Waals surface area contributed by atoms with Crippen molar-refractivity contribution in [3.63, 3.8) is 0 Å². The van der Waals surface area contributed by atoms with Crippen LogP contribution in [0.15, 0.2) is 29.2 Å². The standard InChI is InChI=1S/C13H16N2O3S/c16-13-11-6-1-2-7-12(11)19(17,18)15(13)9-10-5-3-4-8-14-10/h1-2,6-7,10,14H,3-5,8-9H2. The summed E-state index contributed by atoms with van der Waals surface area (Å²) in [5, 5.41) is 3.27. The monoisotopic (exact) mass is 280 g/mol. The van der Waals surface area contributed by atoms with E-state index >= 15 is 0 Å². The number of carbonyl (C=O) groups is 1. The van der Waals surface area contributed by atoms with Crippen LogP contribution in [0.3, 0.4) is 0 Å². The number of sulfonamides is 1. The molecule has 1 saturated heterocycles. The molecular formula is C13H16N2O3S. The maximum absolute atomic E-state index is 12.3. The van der Waals surface area contributed by atoms with E-state index < -0.39 is 15.9 Å². The molecule has 2 aliphatic rings. The smallest absolute Gasteiger partial charge is 0.269 e. The molecule has 1 aromatic carbocycles. The molecule has 1 atom stereocenters. The normalized spacial score (nSPS) is 25.4. The van der Waals surface area contributed by atoms with Crippen molar-refractivity contribution in [2.75, 3.05) is 13.1 Å². The van der Waals surface area contributed by atoms with Gasteiger partial charge in [0.2, 0.25) is 0 Å². The van der Waals surface area contributed by atoms with E-state index in [-0.39, 0.29) is 17.5 Å². The van der Waals surface area contributed by atoms with Gasteiger partial charge in [-0.2, -0.15) is 0 Å². The summed E-state index contributed by atoms with van der Waals surface area (Å²) in [5.74, 6) is -0.400. The highest BCUT2D eigenvalue weighted by Crippen LogP contribution is 2.30. The van der Waals surface area contributed by atoms with Gasteiger partial charge in [0.05, 0.1) is 12.1 Å². The van der Waals surface area contributed by atoms with Gasteiger partial charge in [-0.15, -0.1) is 0 Å². The van der Waals surface area contributed by atoms with E-state index in [0.29, 0.717) is 5.56 Å². The molecule has 3 rings (SSSR count). The second-order valence-corrected chi connectivity index (χ2v) is 6.82. The first-order valence-electron chi connectivity index (χ1n) is 6.50. The number of rotatable bonds is 2. The van der Waals surface area contributed by atoms with Crippen LogP contribution in [0.25, 0.3) is 0 Å². The fourth-order valence-corrected chi connectivity index (χ4v) is 4.31. The number of amides is 1. The van der Waals surface area contributed by atoms with Crippen molar-refractivity contribution >= 4 is 15.9 Å². The van der Waals surface area contributed by atoms with E-state index in [1.54, 1.807) is 18.2 Å². The van der Waals surface area contributed by atoms with Crippen LogP contribution < -0.4 is 5.32 Å². The average molecular weight is 280 g/mol. The predicted molar refractivity (Wildman–Crippen MR) is 70.3 cm³/mol. The van der Waals surface area contributed by atoms with Crippen molar-refractivity contribution in [1.82, 2.24) is 9.62 Å². The van der Waals surface area contributed by atoms with Gasteiger partial charge < -0.3 is 5.32 Å². The summed E-state index contributed by atoms with van der Waals surface area (Å²) >= 11 is 0. The fourth-order valence-electron chi connectivity index (χ4n) is 2.69. The number of carbonyl (C=O) groups excluding carboxylic acids is 1. The molecule has 0 radical (unpaired) electrons. The van der Waals surface area contributed by atoms with Crippen molar-refractivity contribution in [2.45, 2.75) is 30.2 Å². The highest BCUT2D eigenvalue weighted by Gasteiger charge is 2.41. The minimum Gasteiger partial charge on any atom is -0.312 e. The lowest BCUT2D eigenvalue weighted by molar-refractivity contribution is 0.0858. The highest BCUT2D eigenvalue weighted by atomic mass is 32.2. The zero-order valence-electron chi connectivity index (χ0n) is 10.5. The molecule has 0 spiro atoms. The highest BCUT2D eigenvalue weighted by molar-refractivity contribution is 7.90. The van der Waals surface area contributed by atoms with E-state index in [1.165, 1.54) is 6.07 Å². The first-order valence-corrected chi connectivity index (χ1v) is 7.94. The lowest BCUT2D eigenvalue weighted by Gasteiger charge is -2.27. The number of hydrogen-bond donors (Lipinski definition) is 1. The molecule has 19 heavy (non-hydrogen) atoms. The molecule has 0 aromatic heterocycles. The van der Waals surface area contributed by atoms with Crippen LogP contribution in [0.5, 0.6) is 0 Å². The Morgan fingerprint density at radius 2 is 2.05 bits per heavy atom. The third kappa shape index (κ3) is 2.04. The van der Waals surface area contributed by atoms with Gasteiger partial charge in [-0.1, -0.05) is 18.6 Å². The molecule has 102 valence electrons. The summed E-state index contributed by atoms with van der Waals surface area (Å²) in [7, 11) is -3.65. The third-order valence-electron chi connectivity index (χ3n) is 3.71. The van der Waals surface area contributed by atoms with Crippen LogP contribution in [0.1, 0.15) is 29.6 Å². The van der Waals surface area contributed by atoms with Gasteiger partial charge in [-0.3, -0.25) is 4.79 Å². The Balaban J connectivity index is 1.90. The van der Waals surface area contributed by atoms with Crippen LogP contribution >= 0.6 is 0 Å². The topological polar surface area (TPSA) is 66.5 Å². The molecule has 1 fully saturated rings. The Morgan fingerprint density at radius 3 is 2.74 bits per heavy atom. The van der Waals surface area contributed by atoms with Crippen molar-refractivity contribution < 1.29 is 13.2 Å². The molecule has 2 heterocycles. The van der Waals surface area contributed by atoms with Gasteiger partial charge in [-0.05, 0) is 31.5 Å². The summed E-state index contributed by atoms with van der Waals surface area (Å²) in [6.45, 7) is 1.12. The molecule has 1 amide bonds. The van der Waals surface area contributed by atoms with Gasteiger partial charge in [0, 0.05) is 6.04 Å². The minimum atomic E-state index is -3.65. The van der Waals surface area contributed by atoms with Gasteiger partial charge in [0.15, 0.2) is 0 Å². The van der Waals surface area contributed by atoms with Gasteiger partial charge in [0.1, 0.15) is 4.90 Å². The molecule has 0 bridgehead atoms. The summed E-state index contributed by atoms with van der Waals surface area (Å²) in [5.41, 5.74) is 0.290.